The van der Waals surface area contributed by atoms with Crippen LogP contribution in [0.1, 0.15) is 6.92 Å². The average molecular weight is 266 g/mol. The SMILES string of the molecule is COCC(C)NC(=O)Nc1cccc2c1OCCO2. The minimum Gasteiger partial charge on any atom is -0.486 e. The highest BCUT2D eigenvalue weighted by atomic mass is 16.6. The summed E-state index contributed by atoms with van der Waals surface area (Å²) in [6.45, 7) is 3.32. The van der Waals surface area contributed by atoms with Crippen LogP contribution in [0, 0.1) is 0 Å². The standard InChI is InChI=1S/C13H18N2O4/c1-9(8-17-2)14-13(16)15-10-4-3-5-11-12(10)19-7-6-18-11/h3-5,9H,6-8H2,1-2H3,(H2,14,15,16). The number of carbonyl (C=O) groups excluding carboxylic acids is 1. The number of fused-ring (bicyclic) bond motifs is 1. The molecular formula is C13H18N2O4. The number of nitrogens with one attached hydrogen (secondary N) is 2. The Morgan fingerprint density at radius 2 is 2.21 bits per heavy atom. The summed E-state index contributed by atoms with van der Waals surface area (Å²) in [4.78, 5) is 11.8. The van der Waals surface area contributed by atoms with Gasteiger partial charge in [0.1, 0.15) is 13.2 Å². The molecule has 0 radical (unpaired) electrons. The van der Waals surface area contributed by atoms with E-state index in [0.29, 0.717) is 37.0 Å². The van der Waals surface area contributed by atoms with Crippen molar-refractivity contribution in [1.82, 2.24) is 5.32 Å². The molecule has 1 aromatic carbocycles. The van der Waals surface area contributed by atoms with E-state index in [1.54, 1.807) is 13.2 Å². The van der Waals surface area contributed by atoms with Gasteiger partial charge in [0.15, 0.2) is 11.5 Å². The number of urea groups is 1. The number of benzene rings is 1. The molecule has 0 aromatic heterocycles. The lowest BCUT2D eigenvalue weighted by Crippen LogP contribution is -2.38. The predicted molar refractivity (Wildman–Crippen MR) is 70.9 cm³/mol. The van der Waals surface area contributed by atoms with Gasteiger partial charge < -0.3 is 24.8 Å². The summed E-state index contributed by atoms with van der Waals surface area (Å²) in [5, 5.41) is 5.51. The van der Waals surface area contributed by atoms with Crippen molar-refractivity contribution in [3.8, 4) is 11.5 Å². The Kier molecular flexibility index (Phi) is 4.46. The first-order valence-electron chi connectivity index (χ1n) is 6.15. The lowest BCUT2D eigenvalue weighted by atomic mass is 10.2. The molecule has 1 unspecified atom stereocenters. The normalized spacial score (nSPS) is 14.6. The number of hydrogen-bond donors (Lipinski definition) is 2. The summed E-state index contributed by atoms with van der Waals surface area (Å²) in [7, 11) is 1.59. The molecule has 19 heavy (non-hydrogen) atoms. The van der Waals surface area contributed by atoms with Crippen LogP contribution in [0.2, 0.25) is 0 Å². The highest BCUT2D eigenvalue weighted by molar-refractivity contribution is 5.91. The second-order valence-electron chi connectivity index (χ2n) is 4.28. The van der Waals surface area contributed by atoms with Crippen LogP contribution in [0.15, 0.2) is 18.2 Å². The molecule has 0 spiro atoms. The van der Waals surface area contributed by atoms with Gasteiger partial charge in [-0.1, -0.05) is 6.07 Å². The van der Waals surface area contributed by atoms with Crippen molar-refractivity contribution in [2.45, 2.75) is 13.0 Å². The molecule has 0 fully saturated rings. The molecule has 6 nitrogen and oxygen atoms in total. The topological polar surface area (TPSA) is 68.8 Å². The quantitative estimate of drug-likeness (QED) is 0.868. The number of amides is 2. The Morgan fingerprint density at radius 1 is 1.42 bits per heavy atom. The fourth-order valence-corrected chi connectivity index (χ4v) is 1.85. The Bertz CT molecular complexity index is 450. The number of methoxy groups -OCH3 is 1. The number of rotatable bonds is 4. The van der Waals surface area contributed by atoms with Crippen LogP contribution in [0.5, 0.6) is 11.5 Å². The molecule has 1 atom stereocenters. The van der Waals surface area contributed by atoms with E-state index in [1.807, 2.05) is 19.1 Å². The van der Waals surface area contributed by atoms with Crippen molar-refractivity contribution in [2.75, 3.05) is 32.2 Å². The van der Waals surface area contributed by atoms with Crippen LogP contribution in [0.25, 0.3) is 0 Å². The first-order valence-corrected chi connectivity index (χ1v) is 6.15. The third-order valence-corrected chi connectivity index (χ3v) is 2.61. The highest BCUT2D eigenvalue weighted by Gasteiger charge is 2.17. The summed E-state index contributed by atoms with van der Waals surface area (Å²) < 4.78 is 15.9. The largest absolute Gasteiger partial charge is 0.486 e. The van der Waals surface area contributed by atoms with Crippen LogP contribution >= 0.6 is 0 Å². The van der Waals surface area contributed by atoms with E-state index >= 15 is 0 Å². The van der Waals surface area contributed by atoms with Gasteiger partial charge in [0.2, 0.25) is 0 Å². The number of para-hydroxylation sites is 1. The summed E-state index contributed by atoms with van der Waals surface area (Å²) in [5.74, 6) is 1.22. The van der Waals surface area contributed by atoms with Gasteiger partial charge in [0.25, 0.3) is 0 Å². The molecule has 0 aliphatic carbocycles. The molecule has 0 bridgehead atoms. The van der Waals surface area contributed by atoms with Crippen molar-refractivity contribution in [3.05, 3.63) is 18.2 Å². The van der Waals surface area contributed by atoms with Crippen molar-refractivity contribution in [3.63, 3.8) is 0 Å². The molecule has 2 N–H and O–H groups in total. The summed E-state index contributed by atoms with van der Waals surface area (Å²) in [6, 6.07) is 5.02. The van der Waals surface area contributed by atoms with Gasteiger partial charge in [0, 0.05) is 7.11 Å². The zero-order valence-corrected chi connectivity index (χ0v) is 11.1. The van der Waals surface area contributed by atoms with Crippen LogP contribution < -0.4 is 20.1 Å². The molecule has 2 rings (SSSR count). The average Bonchev–Trinajstić information content (AvgIpc) is 2.39. The van der Waals surface area contributed by atoms with Gasteiger partial charge in [-0.05, 0) is 19.1 Å². The fourth-order valence-electron chi connectivity index (χ4n) is 1.85. The smallest absolute Gasteiger partial charge is 0.319 e. The van der Waals surface area contributed by atoms with Gasteiger partial charge >= 0.3 is 6.03 Å². The molecule has 1 aliphatic rings. The Hall–Kier alpha value is -1.95. The first-order chi connectivity index (χ1) is 9.20. The van der Waals surface area contributed by atoms with Gasteiger partial charge in [-0.3, -0.25) is 0 Å². The maximum absolute atomic E-state index is 11.8. The second-order valence-corrected chi connectivity index (χ2v) is 4.28. The van der Waals surface area contributed by atoms with Crippen molar-refractivity contribution < 1.29 is 19.0 Å². The molecule has 1 aromatic rings. The van der Waals surface area contributed by atoms with Crippen molar-refractivity contribution in [1.29, 1.82) is 0 Å². The lowest BCUT2D eigenvalue weighted by Gasteiger charge is -2.21. The van der Waals surface area contributed by atoms with E-state index in [1.165, 1.54) is 0 Å². The van der Waals surface area contributed by atoms with E-state index < -0.39 is 0 Å². The number of ether oxygens (including phenoxy) is 3. The Morgan fingerprint density at radius 3 is 3.00 bits per heavy atom. The minimum atomic E-state index is -0.299. The molecule has 1 aliphatic heterocycles. The first kappa shape index (κ1) is 13.5. The molecule has 0 saturated heterocycles. The summed E-state index contributed by atoms with van der Waals surface area (Å²) in [6.07, 6.45) is 0. The Labute approximate surface area is 112 Å². The van der Waals surface area contributed by atoms with Crippen LogP contribution in [0.3, 0.4) is 0 Å². The lowest BCUT2D eigenvalue weighted by molar-refractivity contribution is 0.171. The molecule has 0 saturated carbocycles. The Balaban J connectivity index is 2.01. The molecule has 1 heterocycles. The van der Waals surface area contributed by atoms with E-state index in [-0.39, 0.29) is 12.1 Å². The predicted octanol–water partition coefficient (Wildman–Crippen LogP) is 1.61. The van der Waals surface area contributed by atoms with Gasteiger partial charge in [-0.25, -0.2) is 4.79 Å². The maximum Gasteiger partial charge on any atom is 0.319 e. The summed E-state index contributed by atoms with van der Waals surface area (Å²) in [5.41, 5.74) is 0.597. The number of hydrogen-bond acceptors (Lipinski definition) is 4. The zero-order valence-electron chi connectivity index (χ0n) is 11.1. The van der Waals surface area contributed by atoms with Crippen molar-refractivity contribution in [2.24, 2.45) is 0 Å². The van der Waals surface area contributed by atoms with Crippen LogP contribution in [0.4, 0.5) is 10.5 Å². The monoisotopic (exact) mass is 266 g/mol. The van der Waals surface area contributed by atoms with E-state index in [2.05, 4.69) is 10.6 Å². The minimum absolute atomic E-state index is 0.0679. The third kappa shape index (κ3) is 3.51. The molecular weight excluding hydrogens is 248 g/mol. The van der Waals surface area contributed by atoms with E-state index in [0.717, 1.165) is 0 Å². The molecule has 2 amide bonds. The van der Waals surface area contributed by atoms with E-state index in [9.17, 15) is 4.79 Å². The van der Waals surface area contributed by atoms with Gasteiger partial charge in [-0.2, -0.15) is 0 Å². The third-order valence-electron chi connectivity index (χ3n) is 2.61. The highest BCUT2D eigenvalue weighted by Crippen LogP contribution is 2.37. The van der Waals surface area contributed by atoms with Gasteiger partial charge in [0.05, 0.1) is 18.3 Å². The van der Waals surface area contributed by atoms with Crippen LogP contribution in [-0.4, -0.2) is 39.0 Å². The molecule has 104 valence electrons. The summed E-state index contributed by atoms with van der Waals surface area (Å²) >= 11 is 0. The number of anilines is 1. The van der Waals surface area contributed by atoms with E-state index in [4.69, 9.17) is 14.2 Å². The number of carbonyl (C=O) groups is 1. The van der Waals surface area contributed by atoms with Crippen molar-refractivity contribution >= 4 is 11.7 Å². The fraction of sp³-hybridized carbons (Fsp3) is 0.462. The molecule has 6 heteroatoms. The van der Waals surface area contributed by atoms with Crippen LogP contribution in [-0.2, 0) is 4.74 Å². The maximum atomic E-state index is 11.8. The second kappa shape index (κ2) is 6.29. The van der Waals surface area contributed by atoms with Gasteiger partial charge in [-0.15, -0.1) is 0 Å². The zero-order chi connectivity index (χ0) is 13.7.